The summed E-state index contributed by atoms with van der Waals surface area (Å²) in [5, 5.41) is 17.4. The van der Waals surface area contributed by atoms with Gasteiger partial charge in [0.05, 0.1) is 22.5 Å². The van der Waals surface area contributed by atoms with Crippen molar-refractivity contribution in [3.63, 3.8) is 0 Å². The van der Waals surface area contributed by atoms with Gasteiger partial charge in [-0.2, -0.15) is 0 Å². The molecule has 0 bridgehead atoms. The van der Waals surface area contributed by atoms with Crippen LogP contribution in [0.25, 0.3) is 0 Å². The van der Waals surface area contributed by atoms with Crippen LogP contribution in [0.1, 0.15) is 104 Å². The number of rotatable bonds is 13. The van der Waals surface area contributed by atoms with Crippen molar-refractivity contribution in [3.05, 3.63) is 28.0 Å². The van der Waals surface area contributed by atoms with Crippen molar-refractivity contribution in [1.29, 1.82) is 5.41 Å². The molecule has 0 radical (unpaired) electrons. The molecule has 43 heavy (non-hydrogen) atoms. The zero-order chi connectivity index (χ0) is 32.8. The first kappa shape index (κ1) is 40.4. The minimum atomic E-state index is -0.112. The van der Waals surface area contributed by atoms with E-state index in [1.54, 1.807) is 31.6 Å². The molecule has 11 heteroatoms. The average Bonchev–Trinajstić information content (AvgIpc) is 3.41. The lowest BCUT2D eigenvalue weighted by Gasteiger charge is -2.28. The van der Waals surface area contributed by atoms with Gasteiger partial charge < -0.3 is 30.4 Å². The van der Waals surface area contributed by atoms with E-state index < -0.39 is 0 Å². The van der Waals surface area contributed by atoms with E-state index in [-0.39, 0.29) is 11.8 Å². The summed E-state index contributed by atoms with van der Waals surface area (Å²) in [6, 6.07) is 0. The Kier molecular flexibility index (Phi) is 21.4. The van der Waals surface area contributed by atoms with Gasteiger partial charge in [0.1, 0.15) is 17.7 Å². The van der Waals surface area contributed by atoms with Crippen LogP contribution < -0.4 is 15.5 Å². The number of nitrogens with one attached hydrogen (secondary N) is 3. The van der Waals surface area contributed by atoms with Gasteiger partial charge in [-0.1, -0.05) is 34.6 Å². The Labute approximate surface area is 265 Å². The summed E-state index contributed by atoms with van der Waals surface area (Å²) in [7, 11) is 1.71. The van der Waals surface area contributed by atoms with Gasteiger partial charge >= 0.3 is 0 Å². The molecule has 246 valence electrons. The second-order valence-corrected chi connectivity index (χ2v) is 11.9. The number of aryl methyl sites for hydroxylation is 1. The summed E-state index contributed by atoms with van der Waals surface area (Å²) in [6.07, 6.45) is 7.13. The third-order valence-corrected chi connectivity index (χ3v) is 7.07. The molecule has 2 unspecified atom stereocenters. The maximum absolute atomic E-state index is 10.6. The highest BCUT2D eigenvalue weighted by atomic mass is 32.1. The second kappa shape index (κ2) is 22.8. The number of ether oxygens (including phenoxy) is 2. The zero-order valence-corrected chi connectivity index (χ0v) is 29.5. The summed E-state index contributed by atoms with van der Waals surface area (Å²) in [4.78, 5) is 26.9. The SMILES string of the molecule is CC.CC.CC(=N)c1ncc(N(CCCNC=O)CC(C)Cc2nc(C)cs2)nc1NC1CCCCO1.COC(C)(C)C. The largest absolute Gasteiger partial charge is 0.379 e. The lowest BCUT2D eigenvalue weighted by atomic mass is 10.1. The first-order valence-corrected chi connectivity index (χ1v) is 16.6. The van der Waals surface area contributed by atoms with Gasteiger partial charge in [0.2, 0.25) is 6.41 Å². The van der Waals surface area contributed by atoms with Crippen molar-refractivity contribution in [3.8, 4) is 0 Å². The third kappa shape index (κ3) is 17.3. The number of carbonyl (C=O) groups is 1. The van der Waals surface area contributed by atoms with E-state index in [1.807, 2.05) is 55.4 Å². The molecule has 0 aliphatic carbocycles. The minimum absolute atomic E-state index is 0.0417. The monoisotopic (exact) mass is 621 g/mol. The Hall–Kier alpha value is -2.63. The molecule has 1 amide bonds. The van der Waals surface area contributed by atoms with Crippen LogP contribution in [0.4, 0.5) is 11.6 Å². The van der Waals surface area contributed by atoms with E-state index in [0.29, 0.717) is 29.7 Å². The standard InChI is InChI=1S/C23H35N7O2S.C5H12O.2C2H6/c1-16(11-21-27-17(2)14-33-21)13-30(9-6-8-25-15-31)19-12-26-22(18(3)24)23(28-19)29-20-7-4-5-10-32-20;1-5(2,3)6-4;2*1-2/h12,14-16,20,24H,4-11,13H2,1-3H3,(H,25,31)(H,28,29);1-4H3;2*1-2H3. The average molecular weight is 622 g/mol. The van der Waals surface area contributed by atoms with Crippen molar-refractivity contribution in [2.24, 2.45) is 5.92 Å². The van der Waals surface area contributed by atoms with Crippen LogP contribution in [-0.2, 0) is 20.7 Å². The van der Waals surface area contributed by atoms with Crippen LogP contribution in [0.2, 0.25) is 0 Å². The van der Waals surface area contributed by atoms with Crippen LogP contribution in [-0.4, -0.2) is 72.3 Å². The van der Waals surface area contributed by atoms with E-state index in [0.717, 1.165) is 74.7 Å². The van der Waals surface area contributed by atoms with Crippen molar-refractivity contribution in [2.75, 3.05) is 43.6 Å². The predicted molar refractivity (Wildman–Crippen MR) is 182 cm³/mol. The molecule has 3 N–H and O–H groups in total. The highest BCUT2D eigenvalue weighted by Crippen LogP contribution is 2.23. The summed E-state index contributed by atoms with van der Waals surface area (Å²) >= 11 is 1.70. The maximum atomic E-state index is 10.6. The van der Waals surface area contributed by atoms with E-state index in [4.69, 9.17) is 19.9 Å². The summed E-state index contributed by atoms with van der Waals surface area (Å²) in [5.74, 6) is 1.70. The molecule has 1 aliphatic heterocycles. The number of anilines is 2. The lowest BCUT2D eigenvalue weighted by Crippen LogP contribution is -2.34. The van der Waals surface area contributed by atoms with Crippen molar-refractivity contribution in [1.82, 2.24) is 20.3 Å². The molecule has 1 fully saturated rings. The molecule has 2 aromatic rings. The highest BCUT2D eigenvalue weighted by Gasteiger charge is 2.20. The van der Waals surface area contributed by atoms with Crippen molar-refractivity contribution < 1.29 is 14.3 Å². The molecule has 1 aliphatic rings. The molecule has 3 heterocycles. The molecule has 0 spiro atoms. The number of aromatic nitrogens is 3. The van der Waals surface area contributed by atoms with Crippen LogP contribution in [0.3, 0.4) is 0 Å². The molecule has 0 saturated carbocycles. The van der Waals surface area contributed by atoms with E-state index >= 15 is 0 Å². The number of nitrogens with zero attached hydrogens (tertiary/aromatic N) is 4. The predicted octanol–water partition coefficient (Wildman–Crippen LogP) is 6.87. The van der Waals surface area contributed by atoms with Gasteiger partial charge in [0.15, 0.2) is 5.82 Å². The number of hydrogen-bond donors (Lipinski definition) is 3. The zero-order valence-electron chi connectivity index (χ0n) is 28.7. The van der Waals surface area contributed by atoms with E-state index in [1.165, 1.54) is 0 Å². The van der Waals surface area contributed by atoms with Crippen LogP contribution >= 0.6 is 11.3 Å². The Balaban J connectivity index is 0.00000155. The fourth-order valence-corrected chi connectivity index (χ4v) is 4.82. The summed E-state index contributed by atoms with van der Waals surface area (Å²) in [5.41, 5.74) is 2.01. The van der Waals surface area contributed by atoms with Gasteiger partial charge in [-0.3, -0.25) is 4.79 Å². The molecule has 10 nitrogen and oxygen atoms in total. The molecular weight excluding hydrogens is 562 g/mol. The van der Waals surface area contributed by atoms with Crippen LogP contribution in [0.5, 0.6) is 0 Å². The van der Waals surface area contributed by atoms with Gasteiger partial charge in [0, 0.05) is 50.8 Å². The Morgan fingerprint density at radius 3 is 2.44 bits per heavy atom. The molecule has 2 aromatic heterocycles. The molecule has 1 saturated heterocycles. The number of hydrogen-bond acceptors (Lipinski definition) is 10. The molecular formula is C32H59N7O3S. The quantitative estimate of drug-likeness (QED) is 0.126. The van der Waals surface area contributed by atoms with Gasteiger partial charge in [0.25, 0.3) is 0 Å². The van der Waals surface area contributed by atoms with E-state index in [2.05, 4.69) is 37.8 Å². The van der Waals surface area contributed by atoms with Crippen LogP contribution in [0.15, 0.2) is 11.6 Å². The van der Waals surface area contributed by atoms with Gasteiger partial charge in [-0.15, -0.1) is 11.3 Å². The van der Waals surface area contributed by atoms with Gasteiger partial charge in [-0.25, -0.2) is 15.0 Å². The third-order valence-electron chi connectivity index (χ3n) is 6.08. The topological polar surface area (TPSA) is 125 Å². The first-order valence-electron chi connectivity index (χ1n) is 15.7. The van der Waals surface area contributed by atoms with Crippen molar-refractivity contribution in [2.45, 2.75) is 113 Å². The highest BCUT2D eigenvalue weighted by molar-refractivity contribution is 7.09. The first-order chi connectivity index (χ1) is 20.5. The summed E-state index contributed by atoms with van der Waals surface area (Å²) < 4.78 is 10.8. The molecule has 0 aromatic carbocycles. The Morgan fingerprint density at radius 1 is 1.26 bits per heavy atom. The number of thiazole rings is 1. The second-order valence-electron chi connectivity index (χ2n) is 10.9. The normalized spacial score (nSPS) is 14.8. The maximum Gasteiger partial charge on any atom is 0.207 e. The number of methoxy groups -OCH3 is 1. The fraction of sp³-hybridized carbons (Fsp3) is 0.719. The summed E-state index contributed by atoms with van der Waals surface area (Å²) in [6.45, 7) is 22.9. The fourth-order valence-electron chi connectivity index (χ4n) is 3.88. The lowest BCUT2D eigenvalue weighted by molar-refractivity contribution is -0.109. The van der Waals surface area contributed by atoms with Crippen molar-refractivity contribution >= 4 is 35.1 Å². The Morgan fingerprint density at radius 2 is 1.93 bits per heavy atom. The molecule has 3 rings (SSSR count). The van der Waals surface area contributed by atoms with E-state index in [9.17, 15) is 4.79 Å². The molecule has 2 atom stereocenters. The van der Waals surface area contributed by atoms with Crippen LogP contribution in [0, 0.1) is 18.3 Å². The minimum Gasteiger partial charge on any atom is -0.379 e. The number of amides is 1. The smallest absolute Gasteiger partial charge is 0.207 e. The number of carbonyl (C=O) groups excluding carboxylic acids is 1. The van der Waals surface area contributed by atoms with Gasteiger partial charge in [-0.05, 0) is 66.2 Å². The Bertz CT molecular complexity index is 1020.